The van der Waals surface area contributed by atoms with Gasteiger partial charge in [-0.25, -0.2) is 13.2 Å². The number of hydrogen-bond donors (Lipinski definition) is 0. The molecule has 2 fully saturated rings. The van der Waals surface area contributed by atoms with Crippen molar-refractivity contribution < 1.29 is 22.6 Å². The van der Waals surface area contributed by atoms with Crippen molar-refractivity contribution in [2.75, 3.05) is 6.61 Å². The summed E-state index contributed by atoms with van der Waals surface area (Å²) in [7, 11) is 0. The summed E-state index contributed by atoms with van der Waals surface area (Å²) in [5.41, 5.74) is 0.0322. The topological polar surface area (TPSA) is 18.5 Å². The SMILES string of the molecule is CCOc1cc2c(c(C(F)F)c1F)OC(C1CCC(C3CCC(CC)CC3)CC1)CC2. The van der Waals surface area contributed by atoms with Crippen molar-refractivity contribution in [2.45, 2.75) is 97.0 Å². The van der Waals surface area contributed by atoms with Gasteiger partial charge in [0.1, 0.15) is 11.9 Å². The molecule has 2 nitrogen and oxygen atoms in total. The Morgan fingerprint density at radius 2 is 1.55 bits per heavy atom. The molecule has 1 unspecified atom stereocenters. The molecule has 1 atom stereocenters. The number of alkyl halides is 2. The highest BCUT2D eigenvalue weighted by Gasteiger charge is 2.37. The molecule has 1 heterocycles. The number of ether oxygens (including phenoxy) is 2. The maximum atomic E-state index is 14.7. The normalized spacial score (nSPS) is 31.2. The highest BCUT2D eigenvalue weighted by atomic mass is 19.3. The van der Waals surface area contributed by atoms with E-state index in [9.17, 15) is 13.2 Å². The van der Waals surface area contributed by atoms with E-state index in [4.69, 9.17) is 9.47 Å². The summed E-state index contributed by atoms with van der Waals surface area (Å²) >= 11 is 0. The molecule has 0 radical (unpaired) electrons. The average Bonchev–Trinajstić information content (AvgIpc) is 2.79. The molecule has 2 saturated carbocycles. The molecule has 0 spiro atoms. The molecule has 3 aliphatic rings. The predicted molar refractivity (Wildman–Crippen MR) is 116 cm³/mol. The Kier molecular flexibility index (Phi) is 7.38. The molecule has 0 amide bonds. The summed E-state index contributed by atoms with van der Waals surface area (Å²) in [5, 5.41) is 0. The largest absolute Gasteiger partial charge is 0.491 e. The highest BCUT2D eigenvalue weighted by Crippen LogP contribution is 2.47. The van der Waals surface area contributed by atoms with Gasteiger partial charge in [0.05, 0.1) is 12.2 Å². The van der Waals surface area contributed by atoms with Crippen LogP contribution in [-0.4, -0.2) is 12.7 Å². The van der Waals surface area contributed by atoms with E-state index < -0.39 is 17.8 Å². The minimum Gasteiger partial charge on any atom is -0.491 e. The molecule has 31 heavy (non-hydrogen) atoms. The molecule has 2 aliphatic carbocycles. The second-order valence-electron chi connectivity index (χ2n) is 9.88. The molecule has 4 rings (SSSR count). The third kappa shape index (κ3) is 4.85. The van der Waals surface area contributed by atoms with Gasteiger partial charge in [-0.05, 0) is 93.6 Å². The average molecular weight is 439 g/mol. The first-order chi connectivity index (χ1) is 15.0. The van der Waals surface area contributed by atoms with E-state index in [1.54, 1.807) is 13.0 Å². The zero-order chi connectivity index (χ0) is 22.0. The summed E-state index contributed by atoms with van der Waals surface area (Å²) in [6.07, 6.45) is 9.92. The quantitative estimate of drug-likeness (QED) is 0.450. The van der Waals surface area contributed by atoms with Crippen molar-refractivity contribution in [1.82, 2.24) is 0 Å². The van der Waals surface area contributed by atoms with Gasteiger partial charge in [0, 0.05) is 0 Å². The van der Waals surface area contributed by atoms with Gasteiger partial charge in [-0.2, -0.15) is 0 Å². The van der Waals surface area contributed by atoms with Crippen LogP contribution in [0.3, 0.4) is 0 Å². The van der Waals surface area contributed by atoms with Crippen LogP contribution in [0.25, 0.3) is 0 Å². The van der Waals surface area contributed by atoms with Gasteiger partial charge in [-0.1, -0.05) is 26.2 Å². The smallest absolute Gasteiger partial charge is 0.270 e. The van der Waals surface area contributed by atoms with E-state index in [0.717, 1.165) is 37.0 Å². The van der Waals surface area contributed by atoms with Crippen molar-refractivity contribution in [1.29, 1.82) is 0 Å². The molecule has 0 bridgehead atoms. The summed E-state index contributed by atoms with van der Waals surface area (Å²) in [6, 6.07) is 1.56. The maximum absolute atomic E-state index is 14.7. The zero-order valence-electron chi connectivity index (χ0n) is 19.0. The second-order valence-corrected chi connectivity index (χ2v) is 9.88. The van der Waals surface area contributed by atoms with Crippen LogP contribution in [-0.2, 0) is 6.42 Å². The molecule has 174 valence electrons. The Morgan fingerprint density at radius 1 is 0.935 bits per heavy atom. The minimum atomic E-state index is -2.91. The van der Waals surface area contributed by atoms with Crippen LogP contribution in [0.15, 0.2) is 6.07 Å². The van der Waals surface area contributed by atoms with E-state index >= 15 is 0 Å². The first kappa shape index (κ1) is 22.8. The fourth-order valence-electron chi connectivity index (χ4n) is 6.37. The number of rotatable bonds is 6. The number of fused-ring (bicyclic) bond motifs is 1. The number of benzene rings is 1. The van der Waals surface area contributed by atoms with E-state index in [1.807, 2.05) is 0 Å². The number of hydrogen-bond acceptors (Lipinski definition) is 2. The van der Waals surface area contributed by atoms with Crippen molar-refractivity contribution in [3.63, 3.8) is 0 Å². The lowest BCUT2D eigenvalue weighted by Crippen LogP contribution is -2.35. The lowest BCUT2D eigenvalue weighted by atomic mass is 9.68. The summed E-state index contributed by atoms with van der Waals surface area (Å²) in [5.74, 6) is 2.01. The van der Waals surface area contributed by atoms with Crippen LogP contribution in [0.4, 0.5) is 13.2 Å². The molecule has 0 saturated heterocycles. The number of halogens is 3. The minimum absolute atomic E-state index is 0.0761. The van der Waals surface area contributed by atoms with Gasteiger partial charge >= 0.3 is 0 Å². The van der Waals surface area contributed by atoms with Gasteiger partial charge in [0.15, 0.2) is 11.6 Å². The molecule has 1 aromatic rings. The molecular weight excluding hydrogens is 401 g/mol. The molecule has 1 aromatic carbocycles. The molecular formula is C26H37F3O2. The van der Waals surface area contributed by atoms with Crippen LogP contribution in [0, 0.1) is 29.5 Å². The zero-order valence-corrected chi connectivity index (χ0v) is 19.0. The van der Waals surface area contributed by atoms with Crippen molar-refractivity contribution >= 4 is 0 Å². The third-order valence-corrected chi connectivity index (χ3v) is 8.26. The molecule has 0 aromatic heterocycles. The van der Waals surface area contributed by atoms with E-state index in [1.165, 1.54) is 44.9 Å². The van der Waals surface area contributed by atoms with Crippen LogP contribution in [0.5, 0.6) is 11.5 Å². The Morgan fingerprint density at radius 3 is 2.13 bits per heavy atom. The van der Waals surface area contributed by atoms with Crippen LogP contribution < -0.4 is 9.47 Å². The van der Waals surface area contributed by atoms with Gasteiger partial charge in [0.25, 0.3) is 6.43 Å². The molecule has 5 heteroatoms. The first-order valence-electron chi connectivity index (χ1n) is 12.4. The van der Waals surface area contributed by atoms with Crippen molar-refractivity contribution in [3.05, 3.63) is 23.0 Å². The van der Waals surface area contributed by atoms with Gasteiger partial charge in [-0.15, -0.1) is 0 Å². The monoisotopic (exact) mass is 438 g/mol. The third-order valence-electron chi connectivity index (χ3n) is 8.26. The summed E-state index contributed by atoms with van der Waals surface area (Å²) in [4.78, 5) is 0. The first-order valence-corrected chi connectivity index (χ1v) is 12.4. The Balaban J connectivity index is 1.40. The van der Waals surface area contributed by atoms with E-state index in [2.05, 4.69) is 6.92 Å². The Bertz CT molecular complexity index is 735. The molecule has 0 N–H and O–H groups in total. The highest BCUT2D eigenvalue weighted by molar-refractivity contribution is 5.50. The standard InChI is InChI=1S/C26H37F3O2/c1-3-16-5-7-17(8-6-16)18-9-11-19(12-10-18)21-14-13-20-15-22(30-4-2)24(27)23(26(28)29)25(20)31-21/h15-19,21,26H,3-14H2,1-2H3. The van der Waals surface area contributed by atoms with Crippen LogP contribution in [0.1, 0.15) is 95.6 Å². The summed E-state index contributed by atoms with van der Waals surface area (Å²) in [6.45, 7) is 4.27. The maximum Gasteiger partial charge on any atom is 0.270 e. The predicted octanol–water partition coefficient (Wildman–Crippen LogP) is 7.88. The van der Waals surface area contributed by atoms with E-state index in [0.29, 0.717) is 17.9 Å². The van der Waals surface area contributed by atoms with Gasteiger partial charge < -0.3 is 9.47 Å². The lowest BCUT2D eigenvalue weighted by Gasteiger charge is -2.41. The van der Waals surface area contributed by atoms with Crippen LogP contribution in [0.2, 0.25) is 0 Å². The van der Waals surface area contributed by atoms with Gasteiger partial charge in [0.2, 0.25) is 0 Å². The summed E-state index contributed by atoms with van der Waals surface area (Å²) < 4.78 is 53.5. The lowest BCUT2D eigenvalue weighted by molar-refractivity contribution is 0.0538. The van der Waals surface area contributed by atoms with Crippen molar-refractivity contribution in [3.8, 4) is 11.5 Å². The number of aryl methyl sites for hydroxylation is 1. The second kappa shape index (κ2) is 10.0. The Hall–Kier alpha value is -1.39. The fraction of sp³-hybridized carbons (Fsp3) is 0.769. The molecule has 1 aliphatic heterocycles. The van der Waals surface area contributed by atoms with Crippen molar-refractivity contribution in [2.24, 2.45) is 23.7 Å². The Labute approximate surface area is 184 Å². The van der Waals surface area contributed by atoms with E-state index in [-0.39, 0.29) is 24.2 Å². The van der Waals surface area contributed by atoms with Gasteiger partial charge in [-0.3, -0.25) is 0 Å². The fourth-order valence-corrected chi connectivity index (χ4v) is 6.37. The van der Waals surface area contributed by atoms with Crippen LogP contribution >= 0.6 is 0 Å².